The summed E-state index contributed by atoms with van der Waals surface area (Å²) in [7, 11) is 0. The van der Waals surface area contributed by atoms with Crippen LogP contribution in [0.3, 0.4) is 0 Å². The van der Waals surface area contributed by atoms with Crippen LogP contribution in [0.1, 0.15) is 25.3 Å². The van der Waals surface area contributed by atoms with E-state index in [0.29, 0.717) is 6.54 Å². The zero-order valence-corrected chi connectivity index (χ0v) is 14.8. The molecular formula is C19H23FN4O2. The molecule has 0 saturated carbocycles. The molecule has 3 rings (SSSR count). The number of benzene rings is 1. The third-order valence-corrected chi connectivity index (χ3v) is 4.66. The largest absolute Gasteiger partial charge is 0.370 e. The molecule has 0 radical (unpaired) electrons. The van der Waals surface area contributed by atoms with Crippen LogP contribution in [-0.4, -0.2) is 34.8 Å². The number of piperidine rings is 1. The summed E-state index contributed by atoms with van der Waals surface area (Å²) in [6, 6.07) is 7.71. The van der Waals surface area contributed by atoms with Gasteiger partial charge in [-0.25, -0.2) is 9.07 Å². The summed E-state index contributed by atoms with van der Waals surface area (Å²) in [6.07, 6.45) is 3.59. The van der Waals surface area contributed by atoms with Crippen molar-refractivity contribution in [2.45, 2.75) is 38.8 Å². The number of hydrogen-bond acceptors (Lipinski definition) is 4. The summed E-state index contributed by atoms with van der Waals surface area (Å²) < 4.78 is 14.3. The minimum absolute atomic E-state index is 0.0535. The molecule has 1 aliphatic heterocycles. The quantitative estimate of drug-likeness (QED) is 0.884. The minimum atomic E-state index is -0.303. The van der Waals surface area contributed by atoms with E-state index in [1.54, 1.807) is 24.4 Å². The Bertz CT molecular complexity index is 811. The van der Waals surface area contributed by atoms with E-state index in [9.17, 15) is 14.0 Å². The fourth-order valence-electron chi connectivity index (χ4n) is 3.18. The van der Waals surface area contributed by atoms with Crippen LogP contribution in [0.2, 0.25) is 0 Å². The van der Waals surface area contributed by atoms with Gasteiger partial charge in [0.2, 0.25) is 5.91 Å². The number of carbonyl (C=O) groups excluding carboxylic acids is 1. The number of anilines is 1. The molecule has 2 aromatic rings. The molecule has 1 aromatic heterocycles. The van der Waals surface area contributed by atoms with Gasteiger partial charge in [-0.15, -0.1) is 0 Å². The molecule has 0 bridgehead atoms. The van der Waals surface area contributed by atoms with Gasteiger partial charge in [-0.05, 0) is 37.5 Å². The molecule has 138 valence electrons. The van der Waals surface area contributed by atoms with Gasteiger partial charge in [0.25, 0.3) is 5.56 Å². The smallest absolute Gasteiger partial charge is 0.268 e. The van der Waals surface area contributed by atoms with Crippen LogP contribution in [0.5, 0.6) is 0 Å². The number of nitrogens with zero attached hydrogens (tertiary/aromatic N) is 3. The van der Waals surface area contributed by atoms with Crippen molar-refractivity contribution in [1.82, 2.24) is 15.1 Å². The third kappa shape index (κ3) is 4.47. The Hall–Kier alpha value is -2.70. The van der Waals surface area contributed by atoms with Gasteiger partial charge < -0.3 is 10.2 Å². The first-order chi connectivity index (χ1) is 12.5. The number of aryl methyl sites for hydroxylation is 1. The molecule has 2 heterocycles. The summed E-state index contributed by atoms with van der Waals surface area (Å²) in [6.45, 7) is 3.97. The highest BCUT2D eigenvalue weighted by Crippen LogP contribution is 2.18. The van der Waals surface area contributed by atoms with E-state index in [4.69, 9.17) is 0 Å². The molecule has 0 atom stereocenters. The molecule has 1 amide bonds. The maximum Gasteiger partial charge on any atom is 0.268 e. The van der Waals surface area contributed by atoms with Crippen molar-refractivity contribution in [3.8, 4) is 0 Å². The summed E-state index contributed by atoms with van der Waals surface area (Å²) in [5.41, 5.74) is 1.53. The third-order valence-electron chi connectivity index (χ3n) is 4.66. The second-order valence-electron chi connectivity index (χ2n) is 6.50. The lowest BCUT2D eigenvalue weighted by molar-refractivity contribution is -0.121. The minimum Gasteiger partial charge on any atom is -0.370 e. The van der Waals surface area contributed by atoms with Gasteiger partial charge in [0, 0.05) is 31.7 Å². The monoisotopic (exact) mass is 358 g/mol. The summed E-state index contributed by atoms with van der Waals surface area (Å²) in [4.78, 5) is 26.2. The van der Waals surface area contributed by atoms with Gasteiger partial charge in [-0.2, -0.15) is 5.10 Å². The van der Waals surface area contributed by atoms with Gasteiger partial charge in [0.1, 0.15) is 5.82 Å². The normalized spacial score (nSPS) is 15.1. The van der Waals surface area contributed by atoms with Gasteiger partial charge in [0.05, 0.1) is 18.3 Å². The van der Waals surface area contributed by atoms with E-state index in [0.717, 1.165) is 37.2 Å². The van der Waals surface area contributed by atoms with Crippen molar-refractivity contribution in [3.63, 3.8) is 0 Å². The van der Waals surface area contributed by atoms with Gasteiger partial charge in [-0.3, -0.25) is 9.59 Å². The number of nitrogens with one attached hydrogen (secondary N) is 1. The molecule has 1 aliphatic rings. The number of carbonyl (C=O) groups is 1. The Morgan fingerprint density at radius 3 is 2.58 bits per heavy atom. The van der Waals surface area contributed by atoms with E-state index in [1.165, 1.54) is 16.8 Å². The number of rotatable bonds is 5. The Balaban J connectivity index is 1.50. The lowest BCUT2D eigenvalue weighted by Crippen LogP contribution is -2.45. The van der Waals surface area contributed by atoms with Gasteiger partial charge >= 0.3 is 0 Å². The van der Waals surface area contributed by atoms with E-state index in [-0.39, 0.29) is 29.7 Å². The molecule has 1 N–H and O–H groups in total. The molecular weight excluding hydrogens is 335 g/mol. The van der Waals surface area contributed by atoms with Crippen LogP contribution in [0, 0.1) is 5.82 Å². The maximum absolute atomic E-state index is 12.9. The maximum atomic E-state index is 12.9. The van der Waals surface area contributed by atoms with E-state index in [2.05, 4.69) is 15.3 Å². The standard InChI is InChI=1S/C19H23FN4O2/c1-2-24-19(26)12-17(13-21-24)23-9-7-16(8-10-23)22-18(25)11-14-3-5-15(20)6-4-14/h3-6,12-13,16H,2,7-11H2,1H3,(H,22,25). The van der Waals surface area contributed by atoms with Crippen LogP contribution >= 0.6 is 0 Å². The lowest BCUT2D eigenvalue weighted by atomic mass is 10.0. The van der Waals surface area contributed by atoms with Crippen LogP contribution in [-0.2, 0) is 17.8 Å². The predicted molar refractivity (Wildman–Crippen MR) is 97.7 cm³/mol. The van der Waals surface area contributed by atoms with Crippen LogP contribution < -0.4 is 15.8 Å². The average Bonchev–Trinajstić information content (AvgIpc) is 2.64. The van der Waals surface area contributed by atoms with E-state index >= 15 is 0 Å². The van der Waals surface area contributed by atoms with E-state index < -0.39 is 0 Å². The van der Waals surface area contributed by atoms with E-state index in [1.807, 2.05) is 6.92 Å². The fraction of sp³-hybridized carbons (Fsp3) is 0.421. The van der Waals surface area contributed by atoms with Crippen molar-refractivity contribution >= 4 is 11.6 Å². The zero-order valence-electron chi connectivity index (χ0n) is 14.8. The Labute approximate surface area is 151 Å². The topological polar surface area (TPSA) is 67.2 Å². The molecule has 7 heteroatoms. The van der Waals surface area contributed by atoms with Gasteiger partial charge in [0.15, 0.2) is 0 Å². The molecule has 0 unspecified atom stereocenters. The van der Waals surface area contributed by atoms with Crippen molar-refractivity contribution in [3.05, 3.63) is 58.3 Å². The first-order valence-corrected chi connectivity index (χ1v) is 8.91. The zero-order chi connectivity index (χ0) is 18.5. The SMILES string of the molecule is CCn1ncc(N2CCC(NC(=O)Cc3ccc(F)cc3)CC2)cc1=O. The molecule has 0 spiro atoms. The molecule has 1 aromatic carbocycles. The predicted octanol–water partition coefficient (Wildman–Crippen LogP) is 1.73. The second kappa shape index (κ2) is 8.12. The lowest BCUT2D eigenvalue weighted by Gasteiger charge is -2.33. The number of aromatic nitrogens is 2. The molecule has 1 fully saturated rings. The number of amides is 1. The molecule has 0 aliphatic carbocycles. The van der Waals surface area contributed by atoms with Crippen LogP contribution in [0.4, 0.5) is 10.1 Å². The summed E-state index contributed by atoms with van der Waals surface area (Å²) in [5, 5.41) is 7.20. The summed E-state index contributed by atoms with van der Waals surface area (Å²) in [5.74, 6) is -0.357. The Morgan fingerprint density at radius 1 is 1.27 bits per heavy atom. The highest BCUT2D eigenvalue weighted by Gasteiger charge is 2.21. The van der Waals surface area contributed by atoms with Crippen molar-refractivity contribution in [2.24, 2.45) is 0 Å². The van der Waals surface area contributed by atoms with Crippen molar-refractivity contribution < 1.29 is 9.18 Å². The number of halogens is 1. The fourth-order valence-corrected chi connectivity index (χ4v) is 3.18. The van der Waals surface area contributed by atoms with Crippen molar-refractivity contribution in [2.75, 3.05) is 18.0 Å². The Kier molecular flexibility index (Phi) is 5.65. The van der Waals surface area contributed by atoms with Crippen molar-refractivity contribution in [1.29, 1.82) is 0 Å². The molecule has 6 nitrogen and oxygen atoms in total. The second-order valence-corrected chi connectivity index (χ2v) is 6.50. The molecule has 26 heavy (non-hydrogen) atoms. The Morgan fingerprint density at radius 2 is 1.96 bits per heavy atom. The summed E-state index contributed by atoms with van der Waals surface area (Å²) >= 11 is 0. The molecule has 1 saturated heterocycles. The first kappa shape index (κ1) is 18.1. The first-order valence-electron chi connectivity index (χ1n) is 8.91. The number of hydrogen-bond donors (Lipinski definition) is 1. The highest BCUT2D eigenvalue weighted by molar-refractivity contribution is 5.78. The average molecular weight is 358 g/mol. The van der Waals surface area contributed by atoms with Gasteiger partial charge in [-0.1, -0.05) is 12.1 Å². The van der Waals surface area contributed by atoms with Crippen LogP contribution in [0.25, 0.3) is 0 Å². The highest BCUT2D eigenvalue weighted by atomic mass is 19.1. The van der Waals surface area contributed by atoms with Crippen LogP contribution in [0.15, 0.2) is 41.3 Å².